The lowest BCUT2D eigenvalue weighted by Gasteiger charge is -2.36. The van der Waals surface area contributed by atoms with Gasteiger partial charge in [0.05, 0.1) is 6.10 Å². The van der Waals surface area contributed by atoms with Crippen molar-refractivity contribution in [1.29, 1.82) is 0 Å². The van der Waals surface area contributed by atoms with Crippen LogP contribution in [0.2, 0.25) is 0 Å². The van der Waals surface area contributed by atoms with Crippen LogP contribution in [0.25, 0.3) is 0 Å². The van der Waals surface area contributed by atoms with Gasteiger partial charge < -0.3 is 9.47 Å². The van der Waals surface area contributed by atoms with Gasteiger partial charge in [0.1, 0.15) is 5.75 Å². The Labute approximate surface area is 174 Å². The van der Waals surface area contributed by atoms with Crippen molar-refractivity contribution in [2.24, 2.45) is 11.8 Å². The molecule has 2 fully saturated rings. The molecule has 0 radical (unpaired) electrons. The van der Waals surface area contributed by atoms with Gasteiger partial charge in [-0.05, 0) is 67.6 Å². The molecule has 0 aliphatic heterocycles. The summed E-state index contributed by atoms with van der Waals surface area (Å²) in [6.45, 7) is 8.92. The standard InChI is InChI=1S/C24H38O2.C2H6/c1-3-19(4-2)21-13-15-23(16-14-21)25-18-26-24-12-8-11-22(17-24)20-9-6-5-7-10-20;1-2/h13-16,19-20,22,24H,3-12,17-18H2,1-2H3;1-2H3. The molecule has 0 N–H and O–H groups in total. The van der Waals surface area contributed by atoms with Gasteiger partial charge in [-0.2, -0.15) is 0 Å². The molecule has 0 amide bonds. The Morgan fingerprint density at radius 2 is 1.46 bits per heavy atom. The summed E-state index contributed by atoms with van der Waals surface area (Å²) in [5.74, 6) is 3.46. The quantitative estimate of drug-likeness (QED) is 0.419. The van der Waals surface area contributed by atoms with Gasteiger partial charge in [0, 0.05) is 0 Å². The van der Waals surface area contributed by atoms with E-state index in [1.807, 2.05) is 13.8 Å². The van der Waals surface area contributed by atoms with Crippen LogP contribution in [-0.2, 0) is 4.74 Å². The molecule has 2 aliphatic rings. The minimum atomic E-state index is 0.395. The van der Waals surface area contributed by atoms with Gasteiger partial charge >= 0.3 is 0 Å². The molecular weight excluding hydrogens is 344 g/mol. The largest absolute Gasteiger partial charge is 0.468 e. The molecule has 2 nitrogen and oxygen atoms in total. The number of hydrogen-bond acceptors (Lipinski definition) is 2. The second kappa shape index (κ2) is 13.2. The highest BCUT2D eigenvalue weighted by Crippen LogP contribution is 2.39. The summed E-state index contributed by atoms with van der Waals surface area (Å²) in [5.41, 5.74) is 1.42. The lowest BCUT2D eigenvalue weighted by Crippen LogP contribution is -2.29. The SMILES string of the molecule is CC.CCC(CC)c1ccc(OCOC2CCCC(C3CCCCC3)C2)cc1. The van der Waals surface area contributed by atoms with Crippen molar-refractivity contribution in [1.82, 2.24) is 0 Å². The van der Waals surface area contributed by atoms with Gasteiger partial charge in [0.2, 0.25) is 0 Å². The molecule has 28 heavy (non-hydrogen) atoms. The highest BCUT2D eigenvalue weighted by Gasteiger charge is 2.29. The molecule has 1 aromatic carbocycles. The first-order valence-electron chi connectivity index (χ1n) is 12.1. The van der Waals surface area contributed by atoms with E-state index < -0.39 is 0 Å². The fourth-order valence-corrected chi connectivity index (χ4v) is 5.16. The summed E-state index contributed by atoms with van der Waals surface area (Å²) in [6, 6.07) is 8.63. The first-order chi connectivity index (χ1) is 13.8. The Bertz CT molecular complexity index is 500. The van der Waals surface area contributed by atoms with Gasteiger partial charge in [-0.25, -0.2) is 0 Å². The van der Waals surface area contributed by atoms with Gasteiger partial charge in [0.25, 0.3) is 0 Å². The number of ether oxygens (including phenoxy) is 2. The highest BCUT2D eigenvalue weighted by molar-refractivity contribution is 5.29. The van der Waals surface area contributed by atoms with Gasteiger partial charge in [0.15, 0.2) is 6.79 Å². The Morgan fingerprint density at radius 1 is 0.821 bits per heavy atom. The summed E-state index contributed by atoms with van der Waals surface area (Å²) in [5, 5.41) is 0. The van der Waals surface area contributed by atoms with E-state index in [-0.39, 0.29) is 0 Å². The van der Waals surface area contributed by atoms with Crippen LogP contribution in [-0.4, -0.2) is 12.9 Å². The minimum Gasteiger partial charge on any atom is -0.468 e. The maximum atomic E-state index is 6.11. The molecule has 0 aromatic heterocycles. The number of rotatable bonds is 8. The molecule has 2 saturated carbocycles. The molecule has 2 aliphatic carbocycles. The summed E-state index contributed by atoms with van der Waals surface area (Å²) < 4.78 is 12.0. The second-order valence-corrected chi connectivity index (χ2v) is 8.46. The van der Waals surface area contributed by atoms with E-state index in [0.29, 0.717) is 18.8 Å². The van der Waals surface area contributed by atoms with Crippen LogP contribution < -0.4 is 4.74 Å². The number of benzene rings is 1. The zero-order chi connectivity index (χ0) is 20.2. The van der Waals surface area contributed by atoms with E-state index >= 15 is 0 Å². The van der Waals surface area contributed by atoms with Gasteiger partial charge in [-0.15, -0.1) is 0 Å². The summed E-state index contributed by atoms with van der Waals surface area (Å²) >= 11 is 0. The van der Waals surface area contributed by atoms with Gasteiger partial charge in [-0.1, -0.05) is 78.4 Å². The van der Waals surface area contributed by atoms with Crippen LogP contribution in [0.15, 0.2) is 24.3 Å². The van der Waals surface area contributed by atoms with Crippen LogP contribution in [0.4, 0.5) is 0 Å². The average molecular weight is 389 g/mol. The monoisotopic (exact) mass is 388 g/mol. The first-order valence-corrected chi connectivity index (χ1v) is 12.1. The van der Waals surface area contributed by atoms with E-state index in [1.54, 1.807) is 0 Å². The normalized spacial score (nSPS) is 23.2. The summed E-state index contributed by atoms with van der Waals surface area (Å²) in [4.78, 5) is 0. The van der Waals surface area contributed by atoms with E-state index in [4.69, 9.17) is 9.47 Å². The smallest absolute Gasteiger partial charge is 0.189 e. The molecule has 160 valence electrons. The highest BCUT2D eigenvalue weighted by atomic mass is 16.7. The molecule has 0 saturated heterocycles. The zero-order valence-electron chi connectivity index (χ0n) is 18.9. The van der Waals surface area contributed by atoms with Crippen molar-refractivity contribution in [2.45, 2.75) is 110 Å². The van der Waals surface area contributed by atoms with Gasteiger partial charge in [-0.3, -0.25) is 0 Å². The lowest BCUT2D eigenvalue weighted by atomic mass is 9.73. The van der Waals surface area contributed by atoms with Crippen molar-refractivity contribution >= 4 is 0 Å². The van der Waals surface area contributed by atoms with Crippen LogP contribution in [0.3, 0.4) is 0 Å². The van der Waals surface area contributed by atoms with Crippen molar-refractivity contribution in [2.75, 3.05) is 6.79 Å². The minimum absolute atomic E-state index is 0.395. The molecule has 2 unspecified atom stereocenters. The zero-order valence-corrected chi connectivity index (χ0v) is 18.9. The third kappa shape index (κ3) is 7.10. The second-order valence-electron chi connectivity index (χ2n) is 8.46. The molecular formula is C26H44O2. The molecule has 2 atom stereocenters. The molecule has 3 rings (SSSR count). The molecule has 0 bridgehead atoms. The number of hydrogen-bond donors (Lipinski definition) is 0. The maximum Gasteiger partial charge on any atom is 0.189 e. The first kappa shape index (κ1) is 23.3. The molecule has 2 heteroatoms. The van der Waals surface area contributed by atoms with Crippen LogP contribution >= 0.6 is 0 Å². The van der Waals surface area contributed by atoms with Crippen molar-refractivity contribution in [3.8, 4) is 5.75 Å². The molecule has 0 spiro atoms. The average Bonchev–Trinajstić information content (AvgIpc) is 2.78. The van der Waals surface area contributed by atoms with E-state index in [1.165, 1.54) is 76.2 Å². The lowest BCUT2D eigenvalue weighted by molar-refractivity contribution is -0.0641. The topological polar surface area (TPSA) is 18.5 Å². The third-order valence-electron chi connectivity index (χ3n) is 6.85. The summed E-state index contributed by atoms with van der Waals surface area (Å²) in [6.07, 6.45) is 15.3. The van der Waals surface area contributed by atoms with E-state index in [2.05, 4.69) is 38.1 Å². The molecule has 0 heterocycles. The third-order valence-corrected chi connectivity index (χ3v) is 6.85. The Kier molecular flexibility index (Phi) is 11.0. The Balaban J connectivity index is 0.00000136. The maximum absolute atomic E-state index is 6.11. The fourth-order valence-electron chi connectivity index (χ4n) is 5.16. The van der Waals surface area contributed by atoms with Crippen LogP contribution in [0.5, 0.6) is 5.75 Å². The van der Waals surface area contributed by atoms with Crippen molar-refractivity contribution in [3.05, 3.63) is 29.8 Å². The van der Waals surface area contributed by atoms with Crippen LogP contribution in [0, 0.1) is 11.8 Å². The Morgan fingerprint density at radius 3 is 2.11 bits per heavy atom. The van der Waals surface area contributed by atoms with Crippen molar-refractivity contribution < 1.29 is 9.47 Å². The predicted octanol–water partition coefficient (Wildman–Crippen LogP) is 8.11. The molecule has 1 aromatic rings. The predicted molar refractivity (Wildman–Crippen MR) is 120 cm³/mol. The summed E-state index contributed by atoms with van der Waals surface area (Å²) in [7, 11) is 0. The fraction of sp³-hybridized carbons (Fsp3) is 0.769. The van der Waals surface area contributed by atoms with E-state index in [9.17, 15) is 0 Å². The van der Waals surface area contributed by atoms with E-state index in [0.717, 1.165) is 17.6 Å². The van der Waals surface area contributed by atoms with Crippen molar-refractivity contribution in [3.63, 3.8) is 0 Å². The van der Waals surface area contributed by atoms with Crippen LogP contribution in [0.1, 0.15) is 110 Å². The Hall–Kier alpha value is -1.02.